The van der Waals surface area contributed by atoms with Crippen molar-refractivity contribution in [1.82, 2.24) is 15.2 Å². The molecule has 7 heteroatoms. The molecule has 0 aliphatic carbocycles. The Morgan fingerprint density at radius 2 is 2.20 bits per heavy atom. The first-order chi connectivity index (χ1) is 9.79. The average molecular weight is 273 g/mol. The van der Waals surface area contributed by atoms with Gasteiger partial charge in [-0.3, -0.25) is 5.10 Å². The van der Waals surface area contributed by atoms with Gasteiger partial charge in [-0.05, 0) is 24.6 Å². The van der Waals surface area contributed by atoms with Crippen LogP contribution in [0.25, 0.3) is 11.4 Å². The molecular formula is C13H15N5O2. The fourth-order valence-corrected chi connectivity index (χ4v) is 2.54. The van der Waals surface area contributed by atoms with E-state index >= 15 is 0 Å². The van der Waals surface area contributed by atoms with Gasteiger partial charge in [0, 0.05) is 24.7 Å². The van der Waals surface area contributed by atoms with Crippen LogP contribution >= 0.6 is 0 Å². The van der Waals surface area contributed by atoms with E-state index in [0.29, 0.717) is 5.95 Å². The number of fused-ring (bicyclic) bond motifs is 1. The van der Waals surface area contributed by atoms with E-state index in [9.17, 15) is 0 Å². The molecule has 0 amide bonds. The van der Waals surface area contributed by atoms with Gasteiger partial charge in [-0.15, -0.1) is 5.10 Å². The number of aromatic nitrogens is 3. The quantitative estimate of drug-likeness (QED) is 0.838. The number of benzene rings is 1. The second-order valence-electron chi connectivity index (χ2n) is 5.05. The van der Waals surface area contributed by atoms with Crippen LogP contribution in [0.15, 0.2) is 18.2 Å². The standard InChI is InChI=1S/C13H15N5O2/c14-9-3-4-18(6-9)13-15-12(16-17-13)8-1-2-10-11(5-8)20-7-19-10/h1-2,5,9H,3-4,6-7,14H2,(H,15,16,17). The summed E-state index contributed by atoms with van der Waals surface area (Å²) in [7, 11) is 0. The number of nitrogens with one attached hydrogen (secondary N) is 1. The van der Waals surface area contributed by atoms with Crippen LogP contribution in [0.3, 0.4) is 0 Å². The van der Waals surface area contributed by atoms with E-state index in [1.54, 1.807) is 0 Å². The molecule has 1 atom stereocenters. The van der Waals surface area contributed by atoms with Gasteiger partial charge in [0.05, 0.1) is 0 Å². The van der Waals surface area contributed by atoms with Gasteiger partial charge in [0.25, 0.3) is 0 Å². The summed E-state index contributed by atoms with van der Waals surface area (Å²) >= 11 is 0. The third-order valence-corrected chi connectivity index (χ3v) is 3.63. The smallest absolute Gasteiger partial charge is 0.245 e. The lowest BCUT2D eigenvalue weighted by atomic mass is 10.2. The van der Waals surface area contributed by atoms with Gasteiger partial charge in [0.1, 0.15) is 0 Å². The predicted octanol–water partition coefficient (Wildman–Crippen LogP) is 0.738. The fraction of sp³-hybridized carbons (Fsp3) is 0.385. The van der Waals surface area contributed by atoms with Gasteiger partial charge in [-0.25, -0.2) is 0 Å². The number of nitrogens with two attached hydrogens (primary N) is 1. The summed E-state index contributed by atoms with van der Waals surface area (Å²) < 4.78 is 10.7. The maximum Gasteiger partial charge on any atom is 0.245 e. The maximum absolute atomic E-state index is 5.90. The van der Waals surface area contributed by atoms with E-state index < -0.39 is 0 Å². The summed E-state index contributed by atoms with van der Waals surface area (Å²) in [5, 5.41) is 7.23. The van der Waals surface area contributed by atoms with Gasteiger partial charge in [0.15, 0.2) is 17.3 Å². The molecule has 1 fully saturated rings. The molecule has 2 aromatic rings. The van der Waals surface area contributed by atoms with E-state index in [4.69, 9.17) is 15.2 Å². The molecule has 7 nitrogen and oxygen atoms in total. The van der Waals surface area contributed by atoms with Crippen molar-refractivity contribution in [3.63, 3.8) is 0 Å². The molecule has 1 aromatic carbocycles. The zero-order valence-electron chi connectivity index (χ0n) is 10.9. The molecule has 1 saturated heterocycles. The van der Waals surface area contributed by atoms with E-state index in [0.717, 1.165) is 42.4 Å². The van der Waals surface area contributed by atoms with Crippen molar-refractivity contribution in [2.24, 2.45) is 5.73 Å². The van der Waals surface area contributed by atoms with Gasteiger partial charge in [0.2, 0.25) is 12.7 Å². The van der Waals surface area contributed by atoms with E-state index in [-0.39, 0.29) is 12.8 Å². The van der Waals surface area contributed by atoms with Crippen LogP contribution in [-0.4, -0.2) is 41.1 Å². The minimum atomic E-state index is 0.211. The molecule has 0 saturated carbocycles. The predicted molar refractivity (Wildman–Crippen MR) is 72.7 cm³/mol. The van der Waals surface area contributed by atoms with E-state index in [1.165, 1.54) is 0 Å². The molecular weight excluding hydrogens is 258 g/mol. The van der Waals surface area contributed by atoms with Crippen molar-refractivity contribution in [2.45, 2.75) is 12.5 Å². The van der Waals surface area contributed by atoms with Gasteiger partial charge >= 0.3 is 0 Å². The molecule has 3 N–H and O–H groups in total. The Hall–Kier alpha value is -2.28. The summed E-state index contributed by atoms with van der Waals surface area (Å²) in [5.41, 5.74) is 6.83. The highest BCUT2D eigenvalue weighted by molar-refractivity contribution is 5.62. The third-order valence-electron chi connectivity index (χ3n) is 3.63. The SMILES string of the molecule is NC1CCN(c2n[nH]c(-c3ccc4c(c3)OCO4)n2)C1. The molecule has 4 rings (SSSR count). The molecule has 3 heterocycles. The highest BCUT2D eigenvalue weighted by Gasteiger charge is 2.23. The Balaban J connectivity index is 1.61. The molecule has 2 aliphatic rings. The Bertz CT molecular complexity index is 641. The second-order valence-corrected chi connectivity index (χ2v) is 5.05. The monoisotopic (exact) mass is 273 g/mol. The van der Waals surface area contributed by atoms with Crippen LogP contribution in [0, 0.1) is 0 Å². The molecule has 1 aromatic heterocycles. The Morgan fingerprint density at radius 1 is 1.30 bits per heavy atom. The number of anilines is 1. The molecule has 104 valence electrons. The summed E-state index contributed by atoms with van der Waals surface area (Å²) in [6.45, 7) is 1.98. The topological polar surface area (TPSA) is 89.3 Å². The number of nitrogens with zero attached hydrogens (tertiary/aromatic N) is 3. The lowest BCUT2D eigenvalue weighted by Gasteiger charge is -2.11. The van der Waals surface area contributed by atoms with Crippen LogP contribution in [0.5, 0.6) is 11.5 Å². The maximum atomic E-state index is 5.90. The average Bonchev–Trinajstić information content (AvgIpc) is 3.17. The first-order valence-corrected chi connectivity index (χ1v) is 6.62. The van der Waals surface area contributed by atoms with Crippen molar-refractivity contribution in [1.29, 1.82) is 0 Å². The first kappa shape index (κ1) is 11.5. The van der Waals surface area contributed by atoms with Crippen molar-refractivity contribution in [3.8, 4) is 22.9 Å². The van der Waals surface area contributed by atoms with Crippen LogP contribution in [0.1, 0.15) is 6.42 Å². The largest absolute Gasteiger partial charge is 0.454 e. The molecule has 1 unspecified atom stereocenters. The van der Waals surface area contributed by atoms with Gasteiger partial charge < -0.3 is 20.1 Å². The number of hydrogen-bond acceptors (Lipinski definition) is 6. The molecule has 20 heavy (non-hydrogen) atoms. The molecule has 0 spiro atoms. The summed E-state index contributed by atoms with van der Waals surface area (Å²) in [4.78, 5) is 6.62. The Kier molecular flexibility index (Phi) is 2.53. The van der Waals surface area contributed by atoms with Gasteiger partial charge in [-0.1, -0.05) is 0 Å². The van der Waals surface area contributed by atoms with Crippen molar-refractivity contribution >= 4 is 5.95 Å². The zero-order chi connectivity index (χ0) is 13.5. The second kappa shape index (κ2) is 4.38. The van der Waals surface area contributed by atoms with Crippen molar-refractivity contribution < 1.29 is 9.47 Å². The molecule has 0 bridgehead atoms. The van der Waals surface area contributed by atoms with E-state index in [2.05, 4.69) is 20.1 Å². The zero-order valence-corrected chi connectivity index (χ0v) is 10.9. The minimum absolute atomic E-state index is 0.211. The summed E-state index contributed by atoms with van der Waals surface area (Å²) in [6.07, 6.45) is 0.980. The number of aromatic amines is 1. The number of ether oxygens (including phenoxy) is 2. The number of H-pyrrole nitrogens is 1. The fourth-order valence-electron chi connectivity index (χ4n) is 2.54. The van der Waals surface area contributed by atoms with Crippen molar-refractivity contribution in [2.75, 3.05) is 24.8 Å². The number of rotatable bonds is 2. The van der Waals surface area contributed by atoms with E-state index in [1.807, 2.05) is 18.2 Å². The Morgan fingerprint density at radius 3 is 3.05 bits per heavy atom. The Labute approximate surface area is 115 Å². The van der Waals surface area contributed by atoms with Gasteiger partial charge in [-0.2, -0.15) is 4.98 Å². The lowest BCUT2D eigenvalue weighted by molar-refractivity contribution is 0.174. The third kappa shape index (κ3) is 1.87. The van der Waals surface area contributed by atoms with Crippen LogP contribution in [-0.2, 0) is 0 Å². The number of hydrogen-bond donors (Lipinski definition) is 2. The normalized spacial score (nSPS) is 20.6. The lowest BCUT2D eigenvalue weighted by Crippen LogP contribution is -2.26. The first-order valence-electron chi connectivity index (χ1n) is 6.62. The summed E-state index contributed by atoms with van der Waals surface area (Å²) in [5.74, 6) is 2.92. The van der Waals surface area contributed by atoms with Crippen LogP contribution < -0.4 is 20.1 Å². The highest BCUT2D eigenvalue weighted by Crippen LogP contribution is 2.35. The van der Waals surface area contributed by atoms with Crippen LogP contribution in [0.4, 0.5) is 5.95 Å². The highest BCUT2D eigenvalue weighted by atomic mass is 16.7. The molecule has 0 radical (unpaired) electrons. The minimum Gasteiger partial charge on any atom is -0.454 e. The summed E-state index contributed by atoms with van der Waals surface area (Å²) in [6, 6.07) is 5.93. The van der Waals surface area contributed by atoms with Crippen LogP contribution in [0.2, 0.25) is 0 Å². The molecule has 2 aliphatic heterocycles. The van der Waals surface area contributed by atoms with Crippen molar-refractivity contribution in [3.05, 3.63) is 18.2 Å².